The van der Waals surface area contributed by atoms with Crippen LogP contribution < -0.4 is 5.32 Å². The van der Waals surface area contributed by atoms with Crippen molar-refractivity contribution in [3.8, 4) is 5.75 Å². The maximum Gasteiger partial charge on any atom is 0.342 e. The highest BCUT2D eigenvalue weighted by molar-refractivity contribution is 5.99. The second kappa shape index (κ2) is 9.30. The van der Waals surface area contributed by atoms with Gasteiger partial charge < -0.3 is 20.1 Å². The number of aromatic hydroxyl groups is 1. The average Bonchev–Trinajstić information content (AvgIpc) is 2.73. The third-order valence-corrected chi connectivity index (χ3v) is 4.88. The molecule has 160 valence electrons. The first-order valence-electron chi connectivity index (χ1n) is 9.74. The van der Waals surface area contributed by atoms with E-state index in [0.29, 0.717) is 5.69 Å². The van der Waals surface area contributed by atoms with E-state index in [9.17, 15) is 19.5 Å². The molecule has 0 spiro atoms. The molecule has 2 amide bonds. The summed E-state index contributed by atoms with van der Waals surface area (Å²) in [5, 5.41) is 14.4. The van der Waals surface area contributed by atoms with Gasteiger partial charge in [0.2, 0.25) is 5.91 Å². The molecule has 3 rings (SSSR count). The Morgan fingerprint density at radius 1 is 1.00 bits per heavy atom. The molecule has 0 unspecified atom stereocenters. The van der Waals surface area contributed by atoms with E-state index in [1.54, 1.807) is 6.07 Å². The molecule has 3 aromatic carbocycles. The smallest absolute Gasteiger partial charge is 0.342 e. The van der Waals surface area contributed by atoms with E-state index in [1.165, 1.54) is 24.1 Å². The van der Waals surface area contributed by atoms with Crippen LogP contribution in [-0.2, 0) is 14.3 Å². The van der Waals surface area contributed by atoms with Gasteiger partial charge in [-0.15, -0.1) is 0 Å². The van der Waals surface area contributed by atoms with Crippen molar-refractivity contribution in [2.24, 2.45) is 0 Å². The molecule has 3 aromatic rings. The van der Waals surface area contributed by atoms with Crippen LogP contribution in [0.3, 0.4) is 0 Å². The van der Waals surface area contributed by atoms with Crippen LogP contribution in [0, 0.1) is 13.8 Å². The lowest BCUT2D eigenvalue weighted by molar-refractivity contribution is -0.136. The number of hydrogen-bond acceptors (Lipinski definition) is 5. The highest BCUT2D eigenvalue weighted by Gasteiger charge is 2.19. The summed E-state index contributed by atoms with van der Waals surface area (Å²) in [6, 6.07) is 15.9. The summed E-state index contributed by atoms with van der Waals surface area (Å²) in [4.78, 5) is 38.1. The van der Waals surface area contributed by atoms with Crippen molar-refractivity contribution in [1.82, 2.24) is 4.90 Å². The van der Waals surface area contributed by atoms with Gasteiger partial charge in [0.1, 0.15) is 11.3 Å². The second-order valence-electron chi connectivity index (χ2n) is 7.41. The van der Waals surface area contributed by atoms with Crippen LogP contribution in [0.25, 0.3) is 10.8 Å². The molecule has 0 fully saturated rings. The van der Waals surface area contributed by atoms with E-state index < -0.39 is 18.5 Å². The van der Waals surface area contributed by atoms with Crippen molar-refractivity contribution in [1.29, 1.82) is 0 Å². The zero-order chi connectivity index (χ0) is 22.5. The Kier molecular flexibility index (Phi) is 6.55. The predicted octanol–water partition coefficient (Wildman–Crippen LogP) is 3.42. The zero-order valence-corrected chi connectivity index (χ0v) is 17.6. The Morgan fingerprint density at radius 2 is 1.68 bits per heavy atom. The molecule has 0 aromatic heterocycles. The Bertz CT molecular complexity index is 1160. The summed E-state index contributed by atoms with van der Waals surface area (Å²) in [5.74, 6) is -1.94. The minimum Gasteiger partial charge on any atom is -0.507 e. The molecular weight excluding hydrogens is 396 g/mol. The molecule has 31 heavy (non-hydrogen) atoms. The lowest BCUT2D eigenvalue weighted by atomic mass is 10.1. The number of anilines is 1. The van der Waals surface area contributed by atoms with E-state index in [-0.39, 0.29) is 23.8 Å². The van der Waals surface area contributed by atoms with Crippen LogP contribution in [0.4, 0.5) is 5.69 Å². The Morgan fingerprint density at radius 3 is 2.39 bits per heavy atom. The van der Waals surface area contributed by atoms with E-state index in [1.807, 2.05) is 50.2 Å². The number of ether oxygens (including phenoxy) is 1. The molecule has 7 nitrogen and oxygen atoms in total. The van der Waals surface area contributed by atoms with Gasteiger partial charge in [-0.3, -0.25) is 9.59 Å². The molecule has 0 atom stereocenters. The lowest BCUT2D eigenvalue weighted by Crippen LogP contribution is -2.37. The normalized spacial score (nSPS) is 10.5. The number of likely N-dealkylation sites (N-methyl/N-ethyl adjacent to an activating group) is 1. The molecule has 7 heteroatoms. The summed E-state index contributed by atoms with van der Waals surface area (Å²) in [6.45, 7) is 3.07. The van der Waals surface area contributed by atoms with Gasteiger partial charge in [0.15, 0.2) is 6.61 Å². The summed E-state index contributed by atoms with van der Waals surface area (Å²) in [6.07, 6.45) is 0. The summed E-state index contributed by atoms with van der Waals surface area (Å²) in [5.41, 5.74) is 2.58. The van der Waals surface area contributed by atoms with Crippen molar-refractivity contribution in [3.63, 3.8) is 0 Å². The monoisotopic (exact) mass is 420 g/mol. The molecule has 0 heterocycles. The standard InChI is InChI=1S/C24H24N2O5/c1-15-8-9-16(2)20(10-15)25-22(28)13-26(3)23(29)14-31-24(30)19-11-17-6-4-5-7-18(17)12-21(19)27/h4-12,27H,13-14H2,1-3H3,(H,25,28). The fourth-order valence-corrected chi connectivity index (χ4v) is 3.07. The minimum atomic E-state index is -0.815. The van der Waals surface area contributed by atoms with Gasteiger partial charge in [-0.1, -0.05) is 36.4 Å². The molecular formula is C24H24N2O5. The maximum absolute atomic E-state index is 12.3. The SMILES string of the molecule is Cc1ccc(C)c(NC(=O)CN(C)C(=O)COC(=O)c2cc3ccccc3cc2O)c1. The van der Waals surface area contributed by atoms with Crippen molar-refractivity contribution in [2.75, 3.05) is 25.5 Å². The number of amides is 2. The number of carbonyl (C=O) groups is 3. The number of phenolic OH excluding ortho intramolecular Hbond substituents is 1. The number of aryl methyl sites for hydroxylation is 2. The summed E-state index contributed by atoms with van der Waals surface area (Å²) < 4.78 is 5.05. The lowest BCUT2D eigenvalue weighted by Gasteiger charge is -2.17. The zero-order valence-electron chi connectivity index (χ0n) is 17.6. The molecule has 0 saturated heterocycles. The van der Waals surface area contributed by atoms with Gasteiger partial charge in [0.05, 0.1) is 6.54 Å². The van der Waals surface area contributed by atoms with Crippen LogP contribution in [-0.4, -0.2) is 48.0 Å². The molecule has 0 aliphatic carbocycles. The Balaban J connectivity index is 1.56. The molecule has 0 aliphatic rings. The average molecular weight is 420 g/mol. The van der Waals surface area contributed by atoms with Crippen molar-refractivity contribution in [3.05, 3.63) is 71.3 Å². The number of carbonyl (C=O) groups excluding carboxylic acids is 3. The number of phenols is 1. The Labute approximate surface area is 180 Å². The van der Waals surface area contributed by atoms with Gasteiger partial charge in [0, 0.05) is 12.7 Å². The highest BCUT2D eigenvalue weighted by atomic mass is 16.5. The first-order chi connectivity index (χ1) is 14.7. The van der Waals surface area contributed by atoms with Gasteiger partial charge >= 0.3 is 5.97 Å². The number of hydrogen-bond donors (Lipinski definition) is 2. The van der Waals surface area contributed by atoms with Gasteiger partial charge in [-0.25, -0.2) is 4.79 Å². The van der Waals surface area contributed by atoms with E-state index >= 15 is 0 Å². The number of nitrogens with one attached hydrogen (secondary N) is 1. The largest absolute Gasteiger partial charge is 0.507 e. The highest BCUT2D eigenvalue weighted by Crippen LogP contribution is 2.25. The molecule has 0 radical (unpaired) electrons. The fourth-order valence-electron chi connectivity index (χ4n) is 3.07. The third kappa shape index (κ3) is 5.39. The Hall–Kier alpha value is -3.87. The number of esters is 1. The second-order valence-corrected chi connectivity index (χ2v) is 7.41. The number of benzene rings is 3. The van der Waals surface area contributed by atoms with E-state index in [4.69, 9.17) is 4.74 Å². The first kappa shape index (κ1) is 21.8. The van der Waals surface area contributed by atoms with Crippen LogP contribution in [0.2, 0.25) is 0 Å². The molecule has 0 saturated carbocycles. The quantitative estimate of drug-likeness (QED) is 0.596. The van der Waals surface area contributed by atoms with Gasteiger partial charge in [-0.05, 0) is 53.9 Å². The minimum absolute atomic E-state index is 0.0261. The van der Waals surface area contributed by atoms with Crippen LogP contribution in [0.15, 0.2) is 54.6 Å². The number of rotatable bonds is 6. The maximum atomic E-state index is 12.3. The van der Waals surface area contributed by atoms with Crippen LogP contribution in [0.5, 0.6) is 5.75 Å². The van der Waals surface area contributed by atoms with Gasteiger partial charge in [0.25, 0.3) is 5.91 Å². The summed E-state index contributed by atoms with van der Waals surface area (Å²) in [7, 11) is 1.45. The van der Waals surface area contributed by atoms with E-state index in [2.05, 4.69) is 5.32 Å². The van der Waals surface area contributed by atoms with E-state index in [0.717, 1.165) is 21.9 Å². The van der Waals surface area contributed by atoms with Crippen molar-refractivity contribution >= 4 is 34.2 Å². The molecule has 0 aliphatic heterocycles. The van der Waals surface area contributed by atoms with Crippen molar-refractivity contribution in [2.45, 2.75) is 13.8 Å². The topological polar surface area (TPSA) is 95.9 Å². The first-order valence-corrected chi connectivity index (χ1v) is 9.74. The molecule has 2 N–H and O–H groups in total. The summed E-state index contributed by atoms with van der Waals surface area (Å²) >= 11 is 0. The number of fused-ring (bicyclic) bond motifs is 1. The predicted molar refractivity (Wildman–Crippen MR) is 118 cm³/mol. The fraction of sp³-hybridized carbons (Fsp3) is 0.208. The van der Waals surface area contributed by atoms with Gasteiger partial charge in [-0.2, -0.15) is 0 Å². The molecule has 0 bridgehead atoms. The van der Waals surface area contributed by atoms with Crippen LogP contribution >= 0.6 is 0 Å². The number of nitrogens with zero attached hydrogens (tertiary/aromatic N) is 1. The van der Waals surface area contributed by atoms with Crippen LogP contribution in [0.1, 0.15) is 21.5 Å². The van der Waals surface area contributed by atoms with Crippen molar-refractivity contribution < 1.29 is 24.2 Å². The third-order valence-electron chi connectivity index (χ3n) is 4.88.